The van der Waals surface area contributed by atoms with E-state index in [0.29, 0.717) is 6.54 Å². The molecule has 1 aromatic carbocycles. The first-order chi connectivity index (χ1) is 10.3. The summed E-state index contributed by atoms with van der Waals surface area (Å²) in [5, 5.41) is 7.35. The van der Waals surface area contributed by atoms with Crippen molar-refractivity contribution < 1.29 is 4.52 Å². The molecule has 0 bridgehead atoms. The highest BCUT2D eigenvalue weighted by molar-refractivity contribution is 14.0. The number of aliphatic imine (C=N–C) groups is 1. The van der Waals surface area contributed by atoms with Gasteiger partial charge in [0.05, 0.1) is 12.2 Å². The van der Waals surface area contributed by atoms with Crippen molar-refractivity contribution in [3.63, 3.8) is 0 Å². The van der Waals surface area contributed by atoms with Gasteiger partial charge in [0, 0.05) is 25.3 Å². The van der Waals surface area contributed by atoms with Crippen LogP contribution in [-0.4, -0.2) is 24.7 Å². The van der Waals surface area contributed by atoms with Gasteiger partial charge in [-0.15, -0.1) is 24.0 Å². The molecule has 0 atom stereocenters. The van der Waals surface area contributed by atoms with Gasteiger partial charge in [-0.25, -0.2) is 0 Å². The van der Waals surface area contributed by atoms with Crippen LogP contribution in [0.1, 0.15) is 23.9 Å². The molecule has 1 aliphatic heterocycles. The van der Waals surface area contributed by atoms with Gasteiger partial charge >= 0.3 is 0 Å². The number of rotatable bonds is 3. The molecule has 2 aromatic rings. The number of halogens is 1. The largest absolute Gasteiger partial charge is 0.359 e. The molecule has 6 heteroatoms. The topological polar surface area (TPSA) is 53.7 Å². The summed E-state index contributed by atoms with van der Waals surface area (Å²) in [7, 11) is 1.81. The fourth-order valence-electron chi connectivity index (χ4n) is 2.63. The van der Waals surface area contributed by atoms with Gasteiger partial charge in [0.2, 0.25) is 0 Å². The normalized spacial score (nSPS) is 13.7. The van der Waals surface area contributed by atoms with Crippen LogP contribution in [0.5, 0.6) is 0 Å². The van der Waals surface area contributed by atoms with Gasteiger partial charge in [0.25, 0.3) is 0 Å². The lowest BCUT2D eigenvalue weighted by atomic mass is 10.2. The van der Waals surface area contributed by atoms with E-state index in [1.165, 1.54) is 11.3 Å². The highest BCUT2D eigenvalue weighted by atomic mass is 127. The third kappa shape index (κ3) is 3.43. The number of nitrogens with zero attached hydrogens (tertiary/aromatic N) is 3. The second-order valence-corrected chi connectivity index (χ2v) is 5.07. The molecule has 0 radical (unpaired) electrons. The monoisotopic (exact) mass is 412 g/mol. The van der Waals surface area contributed by atoms with E-state index in [-0.39, 0.29) is 24.0 Å². The summed E-state index contributed by atoms with van der Waals surface area (Å²) in [4.78, 5) is 6.60. The van der Waals surface area contributed by atoms with Crippen LogP contribution < -0.4 is 10.2 Å². The maximum absolute atomic E-state index is 5.30. The van der Waals surface area contributed by atoms with Crippen LogP contribution in [0.3, 0.4) is 0 Å². The van der Waals surface area contributed by atoms with Gasteiger partial charge in [0.15, 0.2) is 11.7 Å². The quantitative estimate of drug-likeness (QED) is 0.479. The summed E-state index contributed by atoms with van der Waals surface area (Å²) < 4.78 is 5.30. The SMILES string of the molecule is CCc1cc(CNC(=NC)N2CCc3ccccc32)on1.I. The third-order valence-electron chi connectivity index (χ3n) is 3.75. The van der Waals surface area contributed by atoms with E-state index in [0.717, 1.165) is 36.8 Å². The predicted octanol–water partition coefficient (Wildman–Crippen LogP) is 2.99. The summed E-state index contributed by atoms with van der Waals surface area (Å²) in [6, 6.07) is 10.4. The molecular weight excluding hydrogens is 391 g/mol. The Morgan fingerprint density at radius 3 is 2.95 bits per heavy atom. The number of hydrogen-bond donors (Lipinski definition) is 1. The van der Waals surface area contributed by atoms with Crippen molar-refractivity contribution >= 4 is 35.6 Å². The third-order valence-corrected chi connectivity index (χ3v) is 3.75. The predicted molar refractivity (Wildman–Crippen MR) is 99.0 cm³/mol. The Morgan fingerprint density at radius 1 is 1.41 bits per heavy atom. The van der Waals surface area contributed by atoms with Crippen LogP contribution in [0, 0.1) is 0 Å². The number of para-hydroxylation sites is 1. The number of nitrogens with one attached hydrogen (secondary N) is 1. The van der Waals surface area contributed by atoms with Gasteiger partial charge in [-0.05, 0) is 24.5 Å². The fraction of sp³-hybridized carbons (Fsp3) is 0.375. The Labute approximate surface area is 147 Å². The number of aryl methyl sites for hydroxylation is 1. The van der Waals surface area contributed by atoms with Gasteiger partial charge in [-0.1, -0.05) is 30.3 Å². The number of benzene rings is 1. The van der Waals surface area contributed by atoms with Crippen molar-refractivity contribution in [2.75, 3.05) is 18.5 Å². The standard InChI is InChI=1S/C16H20N4O.HI/c1-3-13-10-14(21-19-13)11-18-16(17-2)20-9-8-12-6-4-5-7-15(12)20;/h4-7,10H,3,8-9,11H2,1-2H3,(H,17,18);1H. The van der Waals surface area contributed by atoms with Gasteiger partial charge in [0.1, 0.15) is 0 Å². The molecule has 1 N–H and O–H groups in total. The summed E-state index contributed by atoms with van der Waals surface area (Å²) >= 11 is 0. The Morgan fingerprint density at radius 2 is 2.23 bits per heavy atom. The molecule has 2 heterocycles. The van der Waals surface area contributed by atoms with E-state index in [1.807, 2.05) is 6.07 Å². The van der Waals surface area contributed by atoms with Gasteiger partial charge in [-0.3, -0.25) is 4.99 Å². The van der Waals surface area contributed by atoms with Crippen LogP contribution in [0.2, 0.25) is 0 Å². The Kier molecular flexibility index (Phi) is 5.82. The lowest BCUT2D eigenvalue weighted by Crippen LogP contribution is -2.40. The molecule has 1 aliphatic rings. The van der Waals surface area contributed by atoms with E-state index >= 15 is 0 Å². The number of guanidine groups is 1. The molecule has 3 rings (SSSR count). The highest BCUT2D eigenvalue weighted by Gasteiger charge is 2.22. The van der Waals surface area contributed by atoms with Crippen LogP contribution in [0.15, 0.2) is 39.8 Å². The van der Waals surface area contributed by atoms with Crippen LogP contribution in [0.25, 0.3) is 0 Å². The summed E-state index contributed by atoms with van der Waals surface area (Å²) in [5.74, 6) is 1.70. The lowest BCUT2D eigenvalue weighted by Gasteiger charge is -2.21. The Balaban J connectivity index is 0.00000176. The average Bonchev–Trinajstić information content (AvgIpc) is 3.15. The minimum Gasteiger partial charge on any atom is -0.359 e. The molecule has 5 nitrogen and oxygen atoms in total. The first-order valence-electron chi connectivity index (χ1n) is 7.32. The zero-order valence-corrected chi connectivity index (χ0v) is 15.2. The van der Waals surface area contributed by atoms with Crippen molar-refractivity contribution in [1.29, 1.82) is 0 Å². The average molecular weight is 412 g/mol. The zero-order chi connectivity index (χ0) is 14.7. The molecule has 118 valence electrons. The number of anilines is 1. The minimum absolute atomic E-state index is 0. The Hall–Kier alpha value is -1.57. The van der Waals surface area contributed by atoms with Crippen molar-refractivity contribution in [3.8, 4) is 0 Å². The molecule has 0 saturated carbocycles. The maximum Gasteiger partial charge on any atom is 0.198 e. The minimum atomic E-state index is 0. The number of aromatic nitrogens is 1. The molecule has 0 saturated heterocycles. The van der Waals surface area contributed by atoms with E-state index < -0.39 is 0 Å². The van der Waals surface area contributed by atoms with E-state index in [1.54, 1.807) is 7.05 Å². The fourth-order valence-corrected chi connectivity index (χ4v) is 2.63. The van der Waals surface area contributed by atoms with Gasteiger partial charge < -0.3 is 14.7 Å². The second kappa shape index (κ2) is 7.62. The van der Waals surface area contributed by atoms with E-state index in [9.17, 15) is 0 Å². The number of fused-ring (bicyclic) bond motifs is 1. The molecule has 0 unspecified atom stereocenters. The number of hydrogen-bond acceptors (Lipinski definition) is 3. The van der Waals surface area contributed by atoms with Gasteiger partial charge in [-0.2, -0.15) is 0 Å². The van der Waals surface area contributed by atoms with E-state index in [4.69, 9.17) is 4.52 Å². The summed E-state index contributed by atoms with van der Waals surface area (Å²) in [6.45, 7) is 3.61. The highest BCUT2D eigenvalue weighted by Crippen LogP contribution is 2.27. The van der Waals surface area contributed by atoms with Crippen molar-refractivity contribution in [1.82, 2.24) is 10.5 Å². The first kappa shape index (κ1) is 16.8. The van der Waals surface area contributed by atoms with Crippen molar-refractivity contribution in [2.45, 2.75) is 26.3 Å². The zero-order valence-electron chi connectivity index (χ0n) is 12.9. The van der Waals surface area contributed by atoms with E-state index in [2.05, 4.69) is 51.6 Å². The molecule has 0 amide bonds. The first-order valence-corrected chi connectivity index (χ1v) is 7.32. The molecule has 0 fully saturated rings. The molecule has 0 spiro atoms. The van der Waals surface area contributed by atoms with Crippen LogP contribution in [-0.2, 0) is 19.4 Å². The Bertz CT molecular complexity index is 653. The molecule has 0 aliphatic carbocycles. The molecule has 22 heavy (non-hydrogen) atoms. The van der Waals surface area contributed by atoms with Crippen LogP contribution >= 0.6 is 24.0 Å². The van der Waals surface area contributed by atoms with Crippen molar-refractivity contribution in [2.24, 2.45) is 4.99 Å². The summed E-state index contributed by atoms with van der Waals surface area (Å²) in [6.07, 6.45) is 1.94. The molecular formula is C16H21IN4O. The van der Waals surface area contributed by atoms with Crippen LogP contribution in [0.4, 0.5) is 5.69 Å². The maximum atomic E-state index is 5.30. The lowest BCUT2D eigenvalue weighted by molar-refractivity contribution is 0.375. The van der Waals surface area contributed by atoms with Crippen molar-refractivity contribution in [3.05, 3.63) is 47.3 Å². The molecule has 1 aromatic heterocycles. The second-order valence-electron chi connectivity index (χ2n) is 5.07. The smallest absolute Gasteiger partial charge is 0.198 e. The summed E-state index contributed by atoms with van der Waals surface area (Å²) in [5.41, 5.74) is 3.58.